The number of methoxy groups -OCH3 is 1. The summed E-state index contributed by atoms with van der Waals surface area (Å²) in [7, 11) is 1.60. The predicted octanol–water partition coefficient (Wildman–Crippen LogP) is 2.29. The molecule has 0 aliphatic heterocycles. The van der Waals surface area contributed by atoms with E-state index < -0.39 is 0 Å². The molecule has 0 fully saturated rings. The molecule has 1 heterocycles. The van der Waals surface area contributed by atoms with Crippen LogP contribution in [0.5, 0.6) is 5.75 Å². The topological polar surface area (TPSA) is 57.0 Å². The normalized spacial score (nSPS) is 10.7. The Morgan fingerprint density at radius 1 is 1.32 bits per heavy atom. The van der Waals surface area contributed by atoms with E-state index in [9.17, 15) is 4.79 Å². The molecule has 0 saturated heterocycles. The van der Waals surface area contributed by atoms with Crippen molar-refractivity contribution in [3.63, 3.8) is 0 Å². The summed E-state index contributed by atoms with van der Waals surface area (Å²) in [6, 6.07) is 7.27. The number of carbonyl (C=O) groups excluding carboxylic acids is 1. The number of ketones is 1. The van der Waals surface area contributed by atoms with Crippen molar-refractivity contribution in [1.82, 2.24) is 14.8 Å². The van der Waals surface area contributed by atoms with Crippen molar-refractivity contribution >= 4 is 5.78 Å². The van der Waals surface area contributed by atoms with Crippen LogP contribution in [0, 0.1) is 0 Å². The molecule has 0 bridgehead atoms. The Bertz CT molecular complexity index is 558. The third kappa shape index (κ3) is 2.99. The molecule has 0 saturated carbocycles. The maximum atomic E-state index is 12.2. The van der Waals surface area contributed by atoms with E-state index in [2.05, 4.69) is 10.1 Å². The predicted molar refractivity (Wildman–Crippen MR) is 71.4 cm³/mol. The van der Waals surface area contributed by atoms with Gasteiger partial charge in [-0.05, 0) is 38.1 Å². The summed E-state index contributed by atoms with van der Waals surface area (Å²) in [6.07, 6.45) is 1.74. The summed E-state index contributed by atoms with van der Waals surface area (Å²) in [4.78, 5) is 16.3. The maximum Gasteiger partial charge on any atom is 0.170 e. The van der Waals surface area contributed by atoms with Crippen LogP contribution < -0.4 is 4.74 Å². The van der Waals surface area contributed by atoms with Crippen LogP contribution in [-0.4, -0.2) is 27.7 Å². The first-order valence-electron chi connectivity index (χ1n) is 6.17. The molecule has 0 N–H and O–H groups in total. The Labute approximate surface area is 112 Å². The van der Waals surface area contributed by atoms with Crippen LogP contribution in [0.15, 0.2) is 30.6 Å². The zero-order valence-corrected chi connectivity index (χ0v) is 11.3. The van der Waals surface area contributed by atoms with E-state index in [1.807, 2.05) is 13.8 Å². The van der Waals surface area contributed by atoms with Crippen molar-refractivity contribution in [3.8, 4) is 5.75 Å². The van der Waals surface area contributed by atoms with Gasteiger partial charge in [0.25, 0.3) is 0 Å². The third-order valence-electron chi connectivity index (χ3n) is 2.87. The molecule has 19 heavy (non-hydrogen) atoms. The van der Waals surface area contributed by atoms with Gasteiger partial charge in [-0.2, -0.15) is 5.10 Å². The number of nitrogens with zero attached hydrogens (tertiary/aromatic N) is 3. The van der Waals surface area contributed by atoms with E-state index in [0.29, 0.717) is 11.4 Å². The second-order valence-electron chi connectivity index (χ2n) is 4.54. The fourth-order valence-corrected chi connectivity index (χ4v) is 1.85. The molecule has 5 nitrogen and oxygen atoms in total. The fraction of sp³-hybridized carbons (Fsp3) is 0.357. The summed E-state index contributed by atoms with van der Waals surface area (Å²) >= 11 is 0. The van der Waals surface area contributed by atoms with Gasteiger partial charge in [-0.1, -0.05) is 0 Å². The Hall–Kier alpha value is -2.17. The van der Waals surface area contributed by atoms with E-state index in [-0.39, 0.29) is 18.2 Å². The second kappa shape index (κ2) is 5.65. The first kappa shape index (κ1) is 13.3. The molecule has 0 aliphatic rings. The quantitative estimate of drug-likeness (QED) is 0.773. The average molecular weight is 259 g/mol. The number of Topliss-reactive ketones (excluding diaryl/α,β-unsaturated/α-hetero) is 1. The third-order valence-corrected chi connectivity index (χ3v) is 2.87. The molecule has 0 spiro atoms. The molecular weight excluding hydrogens is 242 g/mol. The number of aromatic nitrogens is 3. The summed E-state index contributed by atoms with van der Waals surface area (Å²) < 4.78 is 6.83. The highest BCUT2D eigenvalue weighted by Crippen LogP contribution is 2.14. The lowest BCUT2D eigenvalue weighted by molar-refractivity contribution is 0.0989. The number of hydrogen-bond donors (Lipinski definition) is 0. The average Bonchev–Trinajstić information content (AvgIpc) is 2.87. The maximum absolute atomic E-state index is 12.2. The van der Waals surface area contributed by atoms with Crippen LogP contribution in [0.1, 0.15) is 36.1 Å². The minimum atomic E-state index is 0.0255. The number of rotatable bonds is 5. The monoisotopic (exact) mass is 259 g/mol. The van der Waals surface area contributed by atoms with Gasteiger partial charge in [-0.25, -0.2) is 9.67 Å². The van der Waals surface area contributed by atoms with Crippen LogP contribution in [0.3, 0.4) is 0 Å². The van der Waals surface area contributed by atoms with Crippen molar-refractivity contribution in [2.24, 2.45) is 0 Å². The molecule has 1 aromatic heterocycles. The van der Waals surface area contributed by atoms with Gasteiger partial charge in [0.1, 0.15) is 17.9 Å². The van der Waals surface area contributed by atoms with Crippen molar-refractivity contribution in [2.45, 2.75) is 26.3 Å². The SMILES string of the molecule is COc1ccc(C(=O)Cc2ncnn2C(C)C)cc1. The number of benzene rings is 1. The van der Waals surface area contributed by atoms with Gasteiger partial charge in [0.15, 0.2) is 5.78 Å². The van der Waals surface area contributed by atoms with Crippen molar-refractivity contribution in [2.75, 3.05) is 7.11 Å². The fourth-order valence-electron chi connectivity index (χ4n) is 1.85. The minimum absolute atomic E-state index is 0.0255. The minimum Gasteiger partial charge on any atom is -0.497 e. The van der Waals surface area contributed by atoms with Gasteiger partial charge in [0, 0.05) is 11.6 Å². The first-order valence-corrected chi connectivity index (χ1v) is 6.17. The van der Waals surface area contributed by atoms with Crippen molar-refractivity contribution < 1.29 is 9.53 Å². The van der Waals surface area contributed by atoms with E-state index in [4.69, 9.17) is 4.74 Å². The van der Waals surface area contributed by atoms with Crippen LogP contribution in [0.25, 0.3) is 0 Å². The van der Waals surface area contributed by atoms with Gasteiger partial charge >= 0.3 is 0 Å². The molecular formula is C14H17N3O2. The Morgan fingerprint density at radius 3 is 2.58 bits per heavy atom. The first-order chi connectivity index (χ1) is 9.11. The van der Waals surface area contributed by atoms with E-state index in [0.717, 1.165) is 5.75 Å². The van der Waals surface area contributed by atoms with Gasteiger partial charge in [-0.15, -0.1) is 0 Å². The Balaban J connectivity index is 2.13. The molecule has 5 heteroatoms. The number of hydrogen-bond acceptors (Lipinski definition) is 4. The number of ether oxygens (including phenoxy) is 1. The highest BCUT2D eigenvalue weighted by molar-refractivity contribution is 5.97. The molecule has 100 valence electrons. The smallest absolute Gasteiger partial charge is 0.170 e. The van der Waals surface area contributed by atoms with E-state index in [1.165, 1.54) is 6.33 Å². The van der Waals surface area contributed by atoms with E-state index >= 15 is 0 Å². The lowest BCUT2D eigenvalue weighted by atomic mass is 10.1. The molecule has 2 rings (SSSR count). The van der Waals surface area contributed by atoms with Crippen LogP contribution in [0.4, 0.5) is 0 Å². The van der Waals surface area contributed by atoms with Crippen LogP contribution in [0.2, 0.25) is 0 Å². The van der Waals surface area contributed by atoms with Gasteiger partial charge in [0.05, 0.1) is 13.5 Å². The van der Waals surface area contributed by atoms with Crippen molar-refractivity contribution in [3.05, 3.63) is 42.0 Å². The summed E-state index contributed by atoms with van der Waals surface area (Å²) in [5.41, 5.74) is 0.652. The Morgan fingerprint density at radius 2 is 2.00 bits per heavy atom. The largest absolute Gasteiger partial charge is 0.497 e. The van der Waals surface area contributed by atoms with Crippen LogP contribution >= 0.6 is 0 Å². The molecule has 0 atom stereocenters. The summed E-state index contributed by atoms with van der Waals surface area (Å²) in [5, 5.41) is 4.12. The standard InChI is InChI=1S/C14H17N3O2/c1-10(2)17-14(15-9-16-17)8-13(18)11-4-6-12(19-3)7-5-11/h4-7,9-10H,8H2,1-3H3. The van der Waals surface area contributed by atoms with Gasteiger partial charge in [-0.3, -0.25) is 4.79 Å². The number of carbonyl (C=O) groups is 1. The van der Waals surface area contributed by atoms with Crippen molar-refractivity contribution in [1.29, 1.82) is 0 Å². The molecule has 0 radical (unpaired) electrons. The molecule has 1 aromatic carbocycles. The van der Waals surface area contributed by atoms with E-state index in [1.54, 1.807) is 36.1 Å². The molecule has 2 aromatic rings. The van der Waals surface area contributed by atoms with Crippen LogP contribution in [-0.2, 0) is 6.42 Å². The molecule has 0 unspecified atom stereocenters. The summed E-state index contributed by atoms with van der Waals surface area (Å²) in [5.74, 6) is 1.45. The van der Waals surface area contributed by atoms with Gasteiger partial charge < -0.3 is 4.74 Å². The Kier molecular flexibility index (Phi) is 3.94. The summed E-state index contributed by atoms with van der Waals surface area (Å²) in [6.45, 7) is 4.02. The highest BCUT2D eigenvalue weighted by atomic mass is 16.5. The lowest BCUT2D eigenvalue weighted by Gasteiger charge is -2.08. The second-order valence-corrected chi connectivity index (χ2v) is 4.54. The zero-order chi connectivity index (χ0) is 13.8. The van der Waals surface area contributed by atoms with Gasteiger partial charge in [0.2, 0.25) is 0 Å². The molecule has 0 aliphatic carbocycles. The zero-order valence-electron chi connectivity index (χ0n) is 11.3. The lowest BCUT2D eigenvalue weighted by Crippen LogP contribution is -2.13. The molecule has 0 amide bonds. The highest BCUT2D eigenvalue weighted by Gasteiger charge is 2.13.